The minimum Gasteiger partial charge on any atom is -1.00 e. The number of halogens is 1. The number of rotatable bonds is 14. The van der Waals surface area contributed by atoms with Crippen LogP contribution in [0.25, 0.3) is 0 Å². The third-order valence-corrected chi connectivity index (χ3v) is 6.25. The van der Waals surface area contributed by atoms with Crippen molar-refractivity contribution in [3.63, 3.8) is 0 Å². The molecular formula is C26H38ClN3O2. The molecular weight excluding hydrogens is 422 g/mol. The van der Waals surface area contributed by atoms with E-state index in [0.717, 1.165) is 25.7 Å². The van der Waals surface area contributed by atoms with Crippen LogP contribution in [0.15, 0.2) is 24.3 Å². The number of carbonyl (C=O) groups is 2. The Morgan fingerprint density at radius 2 is 1.28 bits per heavy atom. The van der Waals surface area contributed by atoms with Crippen molar-refractivity contribution in [1.82, 2.24) is 9.90 Å². The number of nitrogens with zero attached hydrogens (tertiary/aromatic N) is 3. The Hall–Kier alpha value is -2.01. The first-order chi connectivity index (χ1) is 15.2. The summed E-state index contributed by atoms with van der Waals surface area (Å²) in [6.45, 7) is 5.83. The van der Waals surface area contributed by atoms with Gasteiger partial charge < -0.3 is 12.4 Å². The molecule has 0 bridgehead atoms. The van der Waals surface area contributed by atoms with E-state index >= 15 is 0 Å². The lowest BCUT2D eigenvalue weighted by Gasteiger charge is -2.11. The molecule has 1 aromatic carbocycles. The van der Waals surface area contributed by atoms with Crippen molar-refractivity contribution in [3.8, 4) is 0 Å². The Morgan fingerprint density at radius 3 is 1.91 bits per heavy atom. The van der Waals surface area contributed by atoms with Crippen LogP contribution in [-0.2, 0) is 13.1 Å². The highest BCUT2D eigenvalue weighted by molar-refractivity contribution is 6.26. The Morgan fingerprint density at radius 1 is 0.750 bits per heavy atom. The van der Waals surface area contributed by atoms with Crippen LogP contribution in [0.3, 0.4) is 0 Å². The number of ketones is 2. The van der Waals surface area contributed by atoms with Gasteiger partial charge in [-0.15, -0.1) is 9.36 Å². The number of carbonyl (C=O) groups excluding carboxylic acids is 2. The largest absolute Gasteiger partial charge is 1.00 e. The van der Waals surface area contributed by atoms with Gasteiger partial charge in [0, 0.05) is 11.1 Å². The van der Waals surface area contributed by atoms with E-state index in [1.54, 1.807) is 12.1 Å². The van der Waals surface area contributed by atoms with E-state index in [4.69, 9.17) is 5.21 Å². The maximum Gasteiger partial charge on any atom is 0.249 e. The summed E-state index contributed by atoms with van der Waals surface area (Å²) in [5, 5.41) is 4.74. The van der Waals surface area contributed by atoms with Gasteiger partial charge in [-0.3, -0.25) is 9.59 Å². The fourth-order valence-electron chi connectivity index (χ4n) is 4.44. The highest BCUT2D eigenvalue weighted by atomic mass is 35.5. The SMILES string of the molecule is CCCCCCCCn1n[n+](CCCCCCCC)c2c1C(=O)c1ccccc1C2=O.[Cl-]. The number of benzene rings is 1. The molecule has 1 aromatic heterocycles. The van der Waals surface area contributed by atoms with Crippen LogP contribution in [-0.4, -0.2) is 21.5 Å². The Kier molecular flexibility index (Phi) is 11.1. The van der Waals surface area contributed by atoms with Gasteiger partial charge in [0.15, 0.2) is 0 Å². The minimum atomic E-state index is -0.0645. The lowest BCUT2D eigenvalue weighted by molar-refractivity contribution is -0.757. The molecule has 176 valence electrons. The summed E-state index contributed by atoms with van der Waals surface area (Å²) in [5.74, 6) is -0.129. The second-order valence-corrected chi connectivity index (χ2v) is 8.77. The number of hydrogen-bond acceptors (Lipinski definition) is 3. The van der Waals surface area contributed by atoms with Crippen molar-refractivity contribution in [2.75, 3.05) is 0 Å². The molecule has 0 aliphatic heterocycles. The van der Waals surface area contributed by atoms with E-state index in [0.29, 0.717) is 35.6 Å². The zero-order valence-electron chi connectivity index (χ0n) is 19.7. The summed E-state index contributed by atoms with van der Waals surface area (Å²) in [6, 6.07) is 7.18. The van der Waals surface area contributed by atoms with E-state index < -0.39 is 0 Å². The molecule has 0 unspecified atom stereocenters. The van der Waals surface area contributed by atoms with Crippen LogP contribution < -0.4 is 17.1 Å². The van der Waals surface area contributed by atoms with Crippen molar-refractivity contribution in [2.45, 2.75) is 104 Å². The molecule has 0 radical (unpaired) electrons. The van der Waals surface area contributed by atoms with E-state index in [1.807, 2.05) is 21.5 Å². The molecule has 2 aromatic rings. The van der Waals surface area contributed by atoms with Gasteiger partial charge in [-0.05, 0) is 25.7 Å². The lowest BCUT2D eigenvalue weighted by atomic mass is 9.90. The molecule has 1 aliphatic rings. The van der Waals surface area contributed by atoms with Crippen molar-refractivity contribution in [2.24, 2.45) is 0 Å². The van der Waals surface area contributed by atoms with Gasteiger partial charge in [-0.1, -0.05) is 89.5 Å². The van der Waals surface area contributed by atoms with Crippen LogP contribution in [0.5, 0.6) is 0 Å². The van der Waals surface area contributed by atoms with Crippen LogP contribution in [0.2, 0.25) is 0 Å². The fourth-order valence-corrected chi connectivity index (χ4v) is 4.44. The van der Waals surface area contributed by atoms with Gasteiger partial charge >= 0.3 is 0 Å². The summed E-state index contributed by atoms with van der Waals surface area (Å²) in [4.78, 5) is 26.6. The average molecular weight is 460 g/mol. The lowest BCUT2D eigenvalue weighted by Crippen LogP contribution is -3.00. The number of aromatic nitrogens is 3. The van der Waals surface area contributed by atoms with Crippen LogP contribution >= 0.6 is 0 Å². The normalized spacial score (nSPS) is 12.4. The molecule has 1 aliphatic carbocycles. The van der Waals surface area contributed by atoms with E-state index in [2.05, 4.69) is 13.8 Å². The molecule has 0 spiro atoms. The maximum atomic E-state index is 13.3. The van der Waals surface area contributed by atoms with Crippen LogP contribution in [0.4, 0.5) is 0 Å². The molecule has 6 heteroatoms. The highest BCUT2D eigenvalue weighted by Gasteiger charge is 2.42. The van der Waals surface area contributed by atoms with Crippen molar-refractivity contribution < 1.29 is 26.7 Å². The first kappa shape index (κ1) is 26.2. The summed E-state index contributed by atoms with van der Waals surface area (Å²) in [6.07, 6.45) is 14.2. The molecule has 5 nitrogen and oxygen atoms in total. The third kappa shape index (κ3) is 6.28. The van der Waals surface area contributed by atoms with Crippen molar-refractivity contribution >= 4 is 11.6 Å². The van der Waals surface area contributed by atoms with Gasteiger partial charge in [0.05, 0.1) is 5.21 Å². The van der Waals surface area contributed by atoms with Crippen molar-refractivity contribution in [3.05, 3.63) is 46.8 Å². The zero-order valence-corrected chi connectivity index (χ0v) is 20.5. The number of fused-ring (bicyclic) bond motifs is 2. The first-order valence-corrected chi connectivity index (χ1v) is 12.4. The Labute approximate surface area is 199 Å². The predicted octanol–water partition coefficient (Wildman–Crippen LogP) is 2.67. The third-order valence-electron chi connectivity index (χ3n) is 6.25. The molecule has 0 amide bonds. The molecule has 1 heterocycles. The molecule has 0 saturated carbocycles. The quantitative estimate of drug-likeness (QED) is 0.275. The number of hydrogen-bond donors (Lipinski definition) is 0. The Bertz CT molecular complexity index is 822. The maximum absolute atomic E-state index is 13.3. The van der Waals surface area contributed by atoms with Crippen LogP contribution in [0, 0.1) is 0 Å². The monoisotopic (exact) mass is 459 g/mol. The van der Waals surface area contributed by atoms with Gasteiger partial charge in [0.1, 0.15) is 13.1 Å². The van der Waals surface area contributed by atoms with E-state index in [1.165, 1.54) is 51.4 Å². The van der Waals surface area contributed by atoms with Gasteiger partial charge in [-0.2, -0.15) is 0 Å². The molecule has 0 saturated heterocycles. The second kappa shape index (κ2) is 13.5. The standard InChI is InChI=1S/C26H38N3O2.ClH/c1-3-5-7-9-11-15-19-28-23-24(29(27-28)20-16-12-10-8-6-4-2)26(31)22-18-14-13-17-21(22)25(23)30;/h13-14,17-18H,3-12,15-16,19-20H2,1-2H3;1H/q+1;/p-1. The number of aryl methyl sites for hydroxylation is 2. The smallest absolute Gasteiger partial charge is 0.249 e. The van der Waals surface area contributed by atoms with E-state index in [-0.39, 0.29) is 24.0 Å². The molecule has 0 atom stereocenters. The summed E-state index contributed by atoms with van der Waals surface area (Å²) in [7, 11) is 0. The van der Waals surface area contributed by atoms with E-state index in [9.17, 15) is 9.59 Å². The number of unbranched alkanes of at least 4 members (excludes halogenated alkanes) is 10. The van der Waals surface area contributed by atoms with Gasteiger partial charge in [0.2, 0.25) is 23.0 Å². The summed E-state index contributed by atoms with van der Waals surface area (Å²) < 4.78 is 3.62. The minimum absolute atomic E-state index is 0. The summed E-state index contributed by atoms with van der Waals surface area (Å²) in [5.41, 5.74) is 2.00. The predicted molar refractivity (Wildman–Crippen MR) is 122 cm³/mol. The highest BCUT2D eigenvalue weighted by Crippen LogP contribution is 2.25. The van der Waals surface area contributed by atoms with Gasteiger partial charge in [0.25, 0.3) is 0 Å². The molecule has 0 N–H and O–H groups in total. The Balaban J connectivity index is 0.00000363. The van der Waals surface area contributed by atoms with Crippen LogP contribution in [0.1, 0.15) is 123 Å². The molecule has 32 heavy (non-hydrogen) atoms. The molecule has 0 fully saturated rings. The summed E-state index contributed by atoms with van der Waals surface area (Å²) >= 11 is 0. The van der Waals surface area contributed by atoms with Crippen molar-refractivity contribution in [1.29, 1.82) is 0 Å². The van der Waals surface area contributed by atoms with Gasteiger partial charge in [-0.25, -0.2) is 0 Å². The second-order valence-electron chi connectivity index (χ2n) is 8.77. The molecule has 3 rings (SSSR count). The first-order valence-electron chi connectivity index (χ1n) is 12.4. The topological polar surface area (TPSA) is 55.8 Å². The average Bonchev–Trinajstić information content (AvgIpc) is 3.15. The zero-order chi connectivity index (χ0) is 22.1. The fraction of sp³-hybridized carbons (Fsp3) is 0.615.